The van der Waals surface area contributed by atoms with Crippen molar-refractivity contribution in [2.75, 3.05) is 19.6 Å². The summed E-state index contributed by atoms with van der Waals surface area (Å²) in [4.78, 5) is 14.6. The van der Waals surface area contributed by atoms with Crippen molar-refractivity contribution in [2.45, 2.75) is 65.5 Å². The number of nitrogens with two attached hydrogens (primary N) is 1. The summed E-state index contributed by atoms with van der Waals surface area (Å²) in [7, 11) is 0. The van der Waals surface area contributed by atoms with Crippen LogP contribution in [-0.4, -0.2) is 42.5 Å². The molecule has 0 aromatic rings. The van der Waals surface area contributed by atoms with E-state index < -0.39 is 6.04 Å². The fraction of sp³-hybridized carbons (Fsp3) is 0.933. The van der Waals surface area contributed by atoms with Gasteiger partial charge < -0.3 is 16.0 Å². The zero-order valence-corrected chi connectivity index (χ0v) is 13.0. The van der Waals surface area contributed by atoms with Gasteiger partial charge in [-0.25, -0.2) is 0 Å². The smallest absolute Gasteiger partial charge is 0.237 e. The van der Waals surface area contributed by atoms with Gasteiger partial charge in [0.05, 0.1) is 6.04 Å². The number of likely N-dealkylation sites (tertiary alicyclic amines) is 1. The Morgan fingerprint density at radius 3 is 2.42 bits per heavy atom. The molecule has 3 N–H and O–H groups in total. The average molecular weight is 269 g/mol. The van der Waals surface area contributed by atoms with Crippen LogP contribution in [0.2, 0.25) is 0 Å². The topological polar surface area (TPSA) is 58.4 Å². The maximum atomic E-state index is 12.1. The Kier molecular flexibility index (Phi) is 6.27. The molecule has 1 amide bonds. The van der Waals surface area contributed by atoms with Crippen LogP contribution in [0.4, 0.5) is 0 Å². The van der Waals surface area contributed by atoms with E-state index in [-0.39, 0.29) is 11.3 Å². The highest BCUT2D eigenvalue weighted by Crippen LogP contribution is 2.18. The van der Waals surface area contributed by atoms with Gasteiger partial charge in [0.15, 0.2) is 0 Å². The molecule has 0 aromatic heterocycles. The molecule has 1 aliphatic rings. The Morgan fingerprint density at radius 2 is 1.95 bits per heavy atom. The van der Waals surface area contributed by atoms with E-state index in [0.29, 0.717) is 6.04 Å². The van der Waals surface area contributed by atoms with Crippen LogP contribution in [0.25, 0.3) is 0 Å². The molecule has 19 heavy (non-hydrogen) atoms. The second kappa shape index (κ2) is 7.25. The number of hydrogen-bond donors (Lipinski definition) is 2. The molecule has 0 spiro atoms. The predicted molar refractivity (Wildman–Crippen MR) is 79.9 cm³/mol. The summed E-state index contributed by atoms with van der Waals surface area (Å²) in [6.45, 7) is 11.6. The first-order chi connectivity index (χ1) is 8.84. The number of carbonyl (C=O) groups excluding carboxylic acids is 1. The molecule has 1 fully saturated rings. The molecule has 1 saturated heterocycles. The van der Waals surface area contributed by atoms with Crippen LogP contribution in [0, 0.1) is 5.41 Å². The quantitative estimate of drug-likeness (QED) is 0.799. The van der Waals surface area contributed by atoms with Crippen LogP contribution < -0.4 is 11.1 Å². The minimum atomic E-state index is -0.425. The molecule has 1 atom stereocenters. The van der Waals surface area contributed by atoms with Gasteiger partial charge in [-0.1, -0.05) is 34.1 Å². The number of nitrogens with one attached hydrogen (secondary N) is 1. The minimum Gasteiger partial charge on any atom is -0.352 e. The largest absolute Gasteiger partial charge is 0.352 e. The van der Waals surface area contributed by atoms with E-state index >= 15 is 0 Å². The minimum absolute atomic E-state index is 0.000455. The van der Waals surface area contributed by atoms with E-state index in [0.717, 1.165) is 25.9 Å². The molecular weight excluding hydrogens is 238 g/mol. The Bertz CT molecular complexity index is 278. The summed E-state index contributed by atoms with van der Waals surface area (Å²) >= 11 is 0. The Morgan fingerprint density at radius 1 is 1.37 bits per heavy atom. The SMILES string of the molecule is CCCCN1CCC(NC(=O)C(N)C(C)(C)C)CC1. The highest BCUT2D eigenvalue weighted by atomic mass is 16.2. The number of unbranched alkanes of at least 4 members (excludes halogenated alkanes) is 1. The number of amides is 1. The lowest BCUT2D eigenvalue weighted by atomic mass is 9.86. The molecule has 4 nitrogen and oxygen atoms in total. The van der Waals surface area contributed by atoms with Crippen LogP contribution in [0.3, 0.4) is 0 Å². The van der Waals surface area contributed by atoms with Gasteiger partial charge in [0.2, 0.25) is 5.91 Å². The van der Waals surface area contributed by atoms with Crippen LogP contribution in [0.5, 0.6) is 0 Å². The van der Waals surface area contributed by atoms with Gasteiger partial charge in [-0.2, -0.15) is 0 Å². The van der Waals surface area contributed by atoms with Crippen molar-refractivity contribution in [1.29, 1.82) is 0 Å². The first kappa shape index (κ1) is 16.4. The summed E-state index contributed by atoms with van der Waals surface area (Å²) in [6, 6.07) is -0.121. The number of rotatable bonds is 5. The maximum Gasteiger partial charge on any atom is 0.237 e. The molecule has 1 rings (SSSR count). The van der Waals surface area contributed by atoms with Crippen LogP contribution in [0.1, 0.15) is 53.4 Å². The molecule has 0 saturated carbocycles. The van der Waals surface area contributed by atoms with E-state index in [4.69, 9.17) is 5.73 Å². The fourth-order valence-electron chi connectivity index (χ4n) is 2.37. The second-order valence-electron chi connectivity index (χ2n) is 6.82. The monoisotopic (exact) mass is 269 g/mol. The summed E-state index contributed by atoms with van der Waals surface area (Å²) in [5, 5.41) is 3.11. The van der Waals surface area contributed by atoms with Crippen molar-refractivity contribution in [3.63, 3.8) is 0 Å². The second-order valence-corrected chi connectivity index (χ2v) is 6.82. The van der Waals surface area contributed by atoms with Gasteiger partial charge in [-0.15, -0.1) is 0 Å². The van der Waals surface area contributed by atoms with Gasteiger partial charge in [0, 0.05) is 19.1 Å². The van der Waals surface area contributed by atoms with E-state index in [2.05, 4.69) is 17.1 Å². The normalized spacial score (nSPS) is 20.3. The van der Waals surface area contributed by atoms with Crippen molar-refractivity contribution in [3.05, 3.63) is 0 Å². The van der Waals surface area contributed by atoms with Crippen molar-refractivity contribution in [3.8, 4) is 0 Å². The van der Waals surface area contributed by atoms with E-state index in [9.17, 15) is 4.79 Å². The molecule has 0 aromatic carbocycles. The van der Waals surface area contributed by atoms with Crippen molar-refractivity contribution < 1.29 is 4.79 Å². The summed E-state index contributed by atoms with van der Waals surface area (Å²) < 4.78 is 0. The van der Waals surface area contributed by atoms with E-state index in [1.54, 1.807) is 0 Å². The molecule has 1 unspecified atom stereocenters. The predicted octanol–water partition coefficient (Wildman–Crippen LogP) is 1.74. The van der Waals surface area contributed by atoms with Gasteiger partial charge >= 0.3 is 0 Å². The van der Waals surface area contributed by atoms with Crippen LogP contribution in [-0.2, 0) is 4.79 Å². The third-order valence-electron chi connectivity index (χ3n) is 3.98. The average Bonchev–Trinajstić information content (AvgIpc) is 2.36. The number of hydrogen-bond acceptors (Lipinski definition) is 3. The Balaban J connectivity index is 2.31. The van der Waals surface area contributed by atoms with E-state index in [1.165, 1.54) is 19.4 Å². The van der Waals surface area contributed by atoms with Crippen molar-refractivity contribution >= 4 is 5.91 Å². The van der Waals surface area contributed by atoms with E-state index in [1.807, 2.05) is 20.8 Å². The van der Waals surface area contributed by atoms with Gasteiger partial charge in [0.1, 0.15) is 0 Å². The zero-order valence-electron chi connectivity index (χ0n) is 13.0. The van der Waals surface area contributed by atoms with Gasteiger partial charge in [-0.3, -0.25) is 4.79 Å². The third kappa shape index (κ3) is 5.49. The lowest BCUT2D eigenvalue weighted by Gasteiger charge is -2.34. The Hall–Kier alpha value is -0.610. The molecule has 0 aliphatic carbocycles. The van der Waals surface area contributed by atoms with Crippen LogP contribution in [0.15, 0.2) is 0 Å². The third-order valence-corrected chi connectivity index (χ3v) is 3.98. The highest BCUT2D eigenvalue weighted by Gasteiger charge is 2.29. The number of piperidine rings is 1. The summed E-state index contributed by atoms with van der Waals surface area (Å²) in [5.74, 6) is -0.000455. The number of carbonyl (C=O) groups is 1. The standard InChI is InChI=1S/C15H31N3O/c1-5-6-9-18-10-7-12(8-11-18)17-14(19)13(16)15(2,3)4/h12-13H,5-11,16H2,1-4H3,(H,17,19). The van der Waals surface area contributed by atoms with Crippen LogP contribution >= 0.6 is 0 Å². The van der Waals surface area contributed by atoms with Crippen molar-refractivity contribution in [2.24, 2.45) is 11.1 Å². The van der Waals surface area contributed by atoms with Crippen molar-refractivity contribution in [1.82, 2.24) is 10.2 Å². The zero-order chi connectivity index (χ0) is 14.5. The van der Waals surface area contributed by atoms with Gasteiger partial charge in [0.25, 0.3) is 0 Å². The molecule has 0 radical (unpaired) electrons. The molecule has 1 heterocycles. The lowest BCUT2D eigenvalue weighted by Crippen LogP contribution is -2.53. The molecule has 4 heteroatoms. The molecule has 0 bridgehead atoms. The summed E-state index contributed by atoms with van der Waals surface area (Å²) in [5.41, 5.74) is 5.81. The fourth-order valence-corrected chi connectivity index (χ4v) is 2.37. The molecule has 1 aliphatic heterocycles. The molecular formula is C15H31N3O. The van der Waals surface area contributed by atoms with Gasteiger partial charge in [-0.05, 0) is 31.2 Å². The highest BCUT2D eigenvalue weighted by molar-refractivity contribution is 5.82. The number of nitrogens with zero attached hydrogens (tertiary/aromatic N) is 1. The Labute approximate surface area is 118 Å². The maximum absolute atomic E-state index is 12.1. The summed E-state index contributed by atoms with van der Waals surface area (Å²) in [6.07, 6.45) is 4.61. The lowest BCUT2D eigenvalue weighted by molar-refractivity contribution is -0.125. The first-order valence-electron chi connectivity index (χ1n) is 7.63. The first-order valence-corrected chi connectivity index (χ1v) is 7.63. The molecule has 112 valence electrons.